The zero-order valence-electron chi connectivity index (χ0n) is 14.4. The summed E-state index contributed by atoms with van der Waals surface area (Å²) in [6.07, 6.45) is 1.11. The number of fused-ring (bicyclic) bond motifs is 1. The summed E-state index contributed by atoms with van der Waals surface area (Å²) < 4.78 is 29.6. The molecule has 2 amide bonds. The number of rotatable bonds is 6. The summed E-state index contributed by atoms with van der Waals surface area (Å²) in [4.78, 5) is 37.8. The average molecular weight is 416 g/mol. The fourth-order valence-electron chi connectivity index (χ4n) is 3.14. The van der Waals surface area contributed by atoms with Crippen molar-refractivity contribution in [3.8, 4) is 0 Å². The van der Waals surface area contributed by atoms with Crippen LogP contribution in [0.25, 0.3) is 0 Å². The number of halogens is 2. The molecule has 1 aromatic rings. The van der Waals surface area contributed by atoms with E-state index in [4.69, 9.17) is 4.74 Å². The zero-order chi connectivity index (χ0) is 19.6. The molecule has 2 fully saturated rings. The minimum absolute atomic E-state index is 0.0735. The summed E-state index contributed by atoms with van der Waals surface area (Å²) in [5, 5.41) is 2.53. The quantitative estimate of drug-likeness (QED) is 0.568. The Bertz CT molecular complexity index is 747. The van der Waals surface area contributed by atoms with Crippen LogP contribution in [0, 0.1) is 0 Å². The van der Waals surface area contributed by atoms with Crippen LogP contribution in [0.1, 0.15) is 19.8 Å². The predicted octanol–water partition coefficient (Wildman–Crippen LogP) is 2.94. The van der Waals surface area contributed by atoms with E-state index in [0.29, 0.717) is 40.9 Å². The summed E-state index contributed by atoms with van der Waals surface area (Å²) in [5.74, 6) is -3.27. The van der Waals surface area contributed by atoms with Crippen LogP contribution in [-0.2, 0) is 19.1 Å². The Hall–Kier alpha value is -1.81. The summed E-state index contributed by atoms with van der Waals surface area (Å²) in [6, 6.07) is 5.24. The van der Waals surface area contributed by atoms with Crippen molar-refractivity contribution in [2.45, 2.75) is 41.3 Å². The number of hydrogen-bond acceptors (Lipinski definition) is 6. The van der Waals surface area contributed by atoms with Crippen LogP contribution < -0.4 is 5.32 Å². The first-order valence-corrected chi connectivity index (χ1v) is 10.1. The largest absolute Gasteiger partial charge is 0.454 e. The second-order valence-electron chi connectivity index (χ2n) is 6.32. The number of carbonyl (C=O) groups excluding carboxylic acids is 3. The molecule has 1 aromatic carbocycles. The van der Waals surface area contributed by atoms with E-state index >= 15 is 0 Å². The molecule has 0 saturated carbocycles. The van der Waals surface area contributed by atoms with Gasteiger partial charge in [0.15, 0.2) is 6.61 Å². The Morgan fingerprint density at radius 3 is 2.78 bits per heavy atom. The van der Waals surface area contributed by atoms with Crippen LogP contribution in [-0.4, -0.2) is 51.7 Å². The molecule has 2 aliphatic rings. The van der Waals surface area contributed by atoms with Crippen LogP contribution in [0.15, 0.2) is 29.2 Å². The lowest BCUT2D eigenvalue weighted by Gasteiger charge is -2.29. The highest BCUT2D eigenvalue weighted by molar-refractivity contribution is 8.01. The van der Waals surface area contributed by atoms with Crippen LogP contribution in [0.5, 0.6) is 0 Å². The van der Waals surface area contributed by atoms with Gasteiger partial charge in [0.1, 0.15) is 6.04 Å². The number of thioether (sulfide) groups is 2. The standard InChI is InChI=1S/C17H18F2N2O4S2/c1-17-7-6-14(23)21(17)12(9-26-17)15(24)25-8-13(22)20-10-2-4-11(5-3-10)27-16(18)19/h2-5,12,16H,6-9H2,1H3,(H,20,22)/t12-,17+/m1/s1. The number of benzene rings is 1. The number of amides is 2. The third kappa shape index (κ3) is 4.55. The normalized spacial score (nSPS) is 24.2. The number of esters is 1. The van der Waals surface area contributed by atoms with E-state index < -0.39 is 30.3 Å². The SMILES string of the molecule is C[C@]12CCC(=O)N1[C@@H](C(=O)OCC(=O)Nc1ccc(SC(F)F)cc1)CS2. The fraction of sp³-hybridized carbons (Fsp3) is 0.471. The maximum absolute atomic E-state index is 12.3. The Labute approximate surface area is 163 Å². The topological polar surface area (TPSA) is 75.7 Å². The van der Waals surface area contributed by atoms with E-state index in [2.05, 4.69) is 5.32 Å². The number of alkyl halides is 2. The molecular formula is C17H18F2N2O4S2. The minimum Gasteiger partial charge on any atom is -0.454 e. The number of hydrogen-bond donors (Lipinski definition) is 1. The van der Waals surface area contributed by atoms with Crippen molar-refractivity contribution in [2.75, 3.05) is 17.7 Å². The third-order valence-corrected chi connectivity index (χ3v) is 6.65. The maximum atomic E-state index is 12.3. The summed E-state index contributed by atoms with van der Waals surface area (Å²) >= 11 is 1.96. The van der Waals surface area contributed by atoms with Crippen molar-refractivity contribution >= 4 is 47.0 Å². The highest BCUT2D eigenvalue weighted by atomic mass is 32.2. The first-order chi connectivity index (χ1) is 12.8. The summed E-state index contributed by atoms with van der Waals surface area (Å²) in [5.41, 5.74) is 0.411. The first-order valence-electron chi connectivity index (χ1n) is 8.26. The fourth-order valence-corrected chi connectivity index (χ4v) is 5.06. The molecule has 0 bridgehead atoms. The van der Waals surface area contributed by atoms with Crippen LogP contribution in [0.2, 0.25) is 0 Å². The monoisotopic (exact) mass is 416 g/mol. The van der Waals surface area contributed by atoms with Gasteiger partial charge in [-0.1, -0.05) is 11.8 Å². The third-order valence-electron chi connectivity index (χ3n) is 4.43. The molecule has 0 aromatic heterocycles. The van der Waals surface area contributed by atoms with E-state index in [0.717, 1.165) is 0 Å². The van der Waals surface area contributed by atoms with Gasteiger partial charge in [0.25, 0.3) is 11.7 Å². The summed E-state index contributed by atoms with van der Waals surface area (Å²) in [7, 11) is 0. The number of anilines is 1. The Morgan fingerprint density at radius 2 is 2.11 bits per heavy atom. The molecule has 0 unspecified atom stereocenters. The van der Waals surface area contributed by atoms with E-state index in [1.165, 1.54) is 24.3 Å². The van der Waals surface area contributed by atoms with Gasteiger partial charge < -0.3 is 15.0 Å². The van der Waals surface area contributed by atoms with Crippen molar-refractivity contribution in [1.29, 1.82) is 0 Å². The number of ether oxygens (including phenoxy) is 1. The highest BCUT2D eigenvalue weighted by Crippen LogP contribution is 2.47. The second-order valence-corrected chi connectivity index (χ2v) is 8.89. The van der Waals surface area contributed by atoms with Gasteiger partial charge in [-0.25, -0.2) is 4.79 Å². The number of nitrogens with one attached hydrogen (secondary N) is 1. The van der Waals surface area contributed by atoms with Crippen molar-refractivity contribution in [3.05, 3.63) is 24.3 Å². The average Bonchev–Trinajstić information content (AvgIpc) is 3.10. The molecule has 3 rings (SSSR count). The van der Waals surface area contributed by atoms with Crippen molar-refractivity contribution < 1.29 is 27.9 Å². The Balaban J connectivity index is 1.49. The minimum atomic E-state index is -2.51. The van der Waals surface area contributed by atoms with Crippen LogP contribution in [0.3, 0.4) is 0 Å². The molecule has 27 heavy (non-hydrogen) atoms. The van der Waals surface area contributed by atoms with Crippen LogP contribution >= 0.6 is 23.5 Å². The molecule has 1 N–H and O–H groups in total. The molecule has 2 atom stereocenters. The maximum Gasteiger partial charge on any atom is 0.330 e. The molecule has 2 saturated heterocycles. The van der Waals surface area contributed by atoms with E-state index in [-0.39, 0.29) is 10.8 Å². The lowest BCUT2D eigenvalue weighted by Crippen LogP contribution is -2.47. The highest BCUT2D eigenvalue weighted by Gasteiger charge is 2.53. The van der Waals surface area contributed by atoms with Gasteiger partial charge in [0.2, 0.25) is 5.91 Å². The molecular weight excluding hydrogens is 398 g/mol. The lowest BCUT2D eigenvalue weighted by atomic mass is 10.2. The smallest absolute Gasteiger partial charge is 0.330 e. The summed E-state index contributed by atoms with van der Waals surface area (Å²) in [6.45, 7) is 1.45. The predicted molar refractivity (Wildman–Crippen MR) is 98.6 cm³/mol. The van der Waals surface area contributed by atoms with Gasteiger partial charge in [-0.2, -0.15) is 8.78 Å². The van der Waals surface area contributed by atoms with Gasteiger partial charge in [-0.05, 0) is 37.6 Å². The van der Waals surface area contributed by atoms with Gasteiger partial charge in [0, 0.05) is 22.8 Å². The van der Waals surface area contributed by atoms with Crippen molar-refractivity contribution in [3.63, 3.8) is 0 Å². The van der Waals surface area contributed by atoms with Crippen molar-refractivity contribution in [1.82, 2.24) is 4.90 Å². The number of carbonyl (C=O) groups is 3. The second kappa shape index (κ2) is 8.05. The Kier molecular flexibility index (Phi) is 5.95. The molecule has 0 spiro atoms. The molecule has 0 radical (unpaired) electrons. The first kappa shape index (κ1) is 19.9. The van der Waals surface area contributed by atoms with Crippen molar-refractivity contribution in [2.24, 2.45) is 0 Å². The molecule has 2 heterocycles. The van der Waals surface area contributed by atoms with E-state index in [1.54, 1.807) is 16.7 Å². The molecule has 0 aliphatic carbocycles. The lowest BCUT2D eigenvalue weighted by molar-refractivity contribution is -0.155. The van der Waals surface area contributed by atoms with E-state index in [9.17, 15) is 23.2 Å². The van der Waals surface area contributed by atoms with Gasteiger partial charge in [0.05, 0.1) is 4.87 Å². The molecule has 6 nitrogen and oxygen atoms in total. The number of nitrogens with zero attached hydrogens (tertiary/aromatic N) is 1. The van der Waals surface area contributed by atoms with E-state index in [1.807, 2.05) is 6.92 Å². The van der Waals surface area contributed by atoms with Gasteiger partial charge >= 0.3 is 5.97 Å². The molecule has 10 heteroatoms. The van der Waals surface area contributed by atoms with Gasteiger partial charge in [-0.15, -0.1) is 11.8 Å². The Morgan fingerprint density at radius 1 is 1.41 bits per heavy atom. The zero-order valence-corrected chi connectivity index (χ0v) is 16.1. The van der Waals surface area contributed by atoms with Crippen LogP contribution in [0.4, 0.5) is 14.5 Å². The molecule has 2 aliphatic heterocycles. The molecule has 146 valence electrons. The van der Waals surface area contributed by atoms with Gasteiger partial charge in [-0.3, -0.25) is 9.59 Å².